The van der Waals surface area contributed by atoms with Crippen LogP contribution in [0.2, 0.25) is 0 Å². The fraction of sp³-hybridized carbons (Fsp3) is 0.500. The van der Waals surface area contributed by atoms with Crippen LogP contribution in [0.25, 0.3) is 0 Å². The monoisotopic (exact) mass is 157 g/mol. The molecule has 0 unspecified atom stereocenters. The molecule has 0 amide bonds. The van der Waals surface area contributed by atoms with Crippen molar-refractivity contribution in [1.29, 1.82) is 0 Å². The minimum Gasteiger partial charge on any atom is -0.375 e. The Balaban J connectivity index is 3.07. The lowest BCUT2D eigenvalue weighted by Gasteiger charge is -1.83. The van der Waals surface area contributed by atoms with E-state index in [9.17, 15) is 10.1 Å². The van der Waals surface area contributed by atoms with Gasteiger partial charge < -0.3 is 15.8 Å². The van der Waals surface area contributed by atoms with Gasteiger partial charge in [-0.15, -0.1) is 5.10 Å². The number of anilines is 1. The first-order chi connectivity index (χ1) is 5.15. The van der Waals surface area contributed by atoms with Crippen LogP contribution in [0.4, 0.5) is 11.6 Å². The number of nitrogens with zero attached hydrogens (tertiary/aromatic N) is 4. The molecule has 0 aliphatic heterocycles. The van der Waals surface area contributed by atoms with Crippen LogP contribution in [0.3, 0.4) is 0 Å². The maximum atomic E-state index is 10.2. The Kier molecular flexibility index (Phi) is 1.71. The number of nitro groups is 1. The lowest BCUT2D eigenvalue weighted by molar-refractivity contribution is -0.388. The fourth-order valence-electron chi connectivity index (χ4n) is 0.623. The minimum absolute atomic E-state index is 0.142. The summed E-state index contributed by atoms with van der Waals surface area (Å²) in [5.74, 6) is -0.524. The summed E-state index contributed by atoms with van der Waals surface area (Å²) < 4.78 is 0. The Morgan fingerprint density at radius 1 is 1.73 bits per heavy atom. The van der Waals surface area contributed by atoms with Crippen LogP contribution in [0.15, 0.2) is 0 Å². The molecular weight excluding hydrogens is 150 g/mol. The van der Waals surface area contributed by atoms with Crippen molar-refractivity contribution in [3.05, 3.63) is 10.1 Å². The van der Waals surface area contributed by atoms with Crippen molar-refractivity contribution in [3.8, 4) is 0 Å². The summed E-state index contributed by atoms with van der Waals surface area (Å²) in [5.41, 5.74) is 5.18. The lowest BCUT2D eigenvalue weighted by Crippen LogP contribution is -1.99. The van der Waals surface area contributed by atoms with E-state index < -0.39 is 4.92 Å². The molecule has 60 valence electrons. The van der Waals surface area contributed by atoms with Crippen LogP contribution in [0.1, 0.15) is 6.92 Å². The molecule has 1 aromatic rings. The van der Waals surface area contributed by atoms with Crippen LogP contribution in [0.5, 0.6) is 0 Å². The molecule has 0 atom stereocenters. The molecule has 1 aromatic heterocycles. The lowest BCUT2D eigenvalue weighted by atomic mass is 10.7. The number of rotatable bonds is 2. The highest BCUT2D eigenvalue weighted by Gasteiger charge is 2.18. The molecule has 7 nitrogen and oxygen atoms in total. The van der Waals surface area contributed by atoms with Gasteiger partial charge in [0.1, 0.15) is 0 Å². The van der Waals surface area contributed by atoms with E-state index in [-0.39, 0.29) is 11.6 Å². The normalized spacial score (nSPS) is 9.91. The molecule has 0 aromatic carbocycles. The molecule has 7 heteroatoms. The van der Waals surface area contributed by atoms with Gasteiger partial charge in [-0.3, -0.25) is 0 Å². The first-order valence-corrected chi connectivity index (χ1v) is 3.00. The highest BCUT2D eigenvalue weighted by molar-refractivity contribution is 5.44. The van der Waals surface area contributed by atoms with Crippen molar-refractivity contribution in [2.45, 2.75) is 13.5 Å². The van der Waals surface area contributed by atoms with Gasteiger partial charge in [0.15, 0.2) is 0 Å². The van der Waals surface area contributed by atoms with Crippen molar-refractivity contribution in [2.75, 3.05) is 5.73 Å². The van der Waals surface area contributed by atoms with Crippen LogP contribution in [-0.4, -0.2) is 19.9 Å². The van der Waals surface area contributed by atoms with Crippen molar-refractivity contribution in [3.63, 3.8) is 0 Å². The van der Waals surface area contributed by atoms with Crippen molar-refractivity contribution < 1.29 is 4.92 Å². The van der Waals surface area contributed by atoms with Crippen LogP contribution >= 0.6 is 0 Å². The molecule has 0 fully saturated rings. The van der Waals surface area contributed by atoms with Crippen LogP contribution in [0, 0.1) is 10.1 Å². The van der Waals surface area contributed by atoms with Crippen molar-refractivity contribution >= 4 is 11.6 Å². The van der Waals surface area contributed by atoms with Crippen molar-refractivity contribution in [2.24, 2.45) is 0 Å². The SMILES string of the molecule is CCn1nc(N)c([N+](=O)[O-])n1. The van der Waals surface area contributed by atoms with E-state index in [4.69, 9.17) is 5.73 Å². The zero-order valence-corrected chi connectivity index (χ0v) is 5.89. The number of nitrogens with two attached hydrogens (primary N) is 1. The molecule has 1 heterocycles. The van der Waals surface area contributed by atoms with E-state index in [2.05, 4.69) is 10.2 Å². The van der Waals surface area contributed by atoms with E-state index in [0.717, 1.165) is 0 Å². The fourth-order valence-corrected chi connectivity index (χ4v) is 0.623. The standard InChI is InChI=1S/C4H7N5O2/c1-2-8-6-3(5)4(7-8)9(10)11/h2H2,1H3,(H2,5,6). The summed E-state index contributed by atoms with van der Waals surface area (Å²) in [7, 11) is 0. The van der Waals surface area contributed by atoms with Crippen LogP contribution in [-0.2, 0) is 6.54 Å². The highest BCUT2D eigenvalue weighted by atomic mass is 16.6. The summed E-state index contributed by atoms with van der Waals surface area (Å²) >= 11 is 0. The molecule has 2 N–H and O–H groups in total. The molecule has 0 saturated carbocycles. The maximum Gasteiger partial charge on any atom is 0.434 e. The predicted octanol–water partition coefficient (Wildman–Crippen LogP) is -0.212. The minimum atomic E-state index is -0.658. The van der Waals surface area contributed by atoms with Gasteiger partial charge in [0.05, 0.1) is 11.6 Å². The zero-order chi connectivity index (χ0) is 8.43. The molecule has 0 aliphatic carbocycles. The Morgan fingerprint density at radius 2 is 2.36 bits per heavy atom. The van der Waals surface area contributed by atoms with Gasteiger partial charge in [0.2, 0.25) is 5.82 Å². The Bertz CT molecular complexity index is 280. The van der Waals surface area contributed by atoms with Gasteiger partial charge in [-0.25, -0.2) is 0 Å². The predicted molar refractivity (Wildman–Crippen MR) is 36.8 cm³/mol. The van der Waals surface area contributed by atoms with E-state index in [1.807, 2.05) is 0 Å². The average molecular weight is 157 g/mol. The summed E-state index contributed by atoms with van der Waals surface area (Å²) in [4.78, 5) is 10.7. The van der Waals surface area contributed by atoms with E-state index in [1.54, 1.807) is 6.92 Å². The Hall–Kier alpha value is -1.66. The number of hydrogen-bond donors (Lipinski definition) is 1. The number of hydrogen-bond acceptors (Lipinski definition) is 5. The molecule has 0 aliphatic rings. The Morgan fingerprint density at radius 3 is 2.64 bits per heavy atom. The Labute approximate surface area is 61.9 Å². The number of aromatic nitrogens is 3. The third-order valence-corrected chi connectivity index (χ3v) is 1.12. The van der Waals surface area contributed by atoms with E-state index in [0.29, 0.717) is 6.54 Å². The van der Waals surface area contributed by atoms with Gasteiger partial charge in [-0.05, 0) is 11.8 Å². The van der Waals surface area contributed by atoms with Crippen LogP contribution < -0.4 is 5.73 Å². The summed E-state index contributed by atoms with van der Waals surface area (Å²) in [6, 6.07) is 0. The van der Waals surface area contributed by atoms with Gasteiger partial charge in [-0.2, -0.15) is 0 Å². The quantitative estimate of drug-likeness (QED) is 0.472. The topological polar surface area (TPSA) is 99.9 Å². The molecule has 1 rings (SSSR count). The summed E-state index contributed by atoms with van der Waals surface area (Å²) in [5, 5.41) is 17.3. The van der Waals surface area contributed by atoms with Gasteiger partial charge >= 0.3 is 5.82 Å². The molecule has 0 bridgehead atoms. The largest absolute Gasteiger partial charge is 0.434 e. The third kappa shape index (κ3) is 1.26. The highest BCUT2D eigenvalue weighted by Crippen LogP contribution is 2.13. The second kappa shape index (κ2) is 2.52. The number of nitrogen functional groups attached to an aromatic ring is 1. The zero-order valence-electron chi connectivity index (χ0n) is 5.89. The molecule has 0 saturated heterocycles. The number of aryl methyl sites for hydroxylation is 1. The second-order valence-corrected chi connectivity index (χ2v) is 1.85. The van der Waals surface area contributed by atoms with Gasteiger partial charge in [0.25, 0.3) is 0 Å². The summed E-state index contributed by atoms with van der Waals surface area (Å²) in [6.45, 7) is 2.24. The molecule has 0 radical (unpaired) electrons. The molecular formula is C4H7N5O2. The smallest absolute Gasteiger partial charge is 0.375 e. The van der Waals surface area contributed by atoms with Crippen molar-refractivity contribution in [1.82, 2.24) is 15.0 Å². The maximum absolute atomic E-state index is 10.2. The van der Waals surface area contributed by atoms with Gasteiger partial charge in [-0.1, -0.05) is 4.80 Å². The van der Waals surface area contributed by atoms with E-state index in [1.165, 1.54) is 4.80 Å². The van der Waals surface area contributed by atoms with Gasteiger partial charge in [0, 0.05) is 0 Å². The van der Waals surface area contributed by atoms with E-state index >= 15 is 0 Å². The summed E-state index contributed by atoms with van der Waals surface area (Å²) in [6.07, 6.45) is 0. The average Bonchev–Trinajstić information content (AvgIpc) is 2.30. The first kappa shape index (κ1) is 7.45. The molecule has 11 heavy (non-hydrogen) atoms. The first-order valence-electron chi connectivity index (χ1n) is 3.00. The third-order valence-electron chi connectivity index (χ3n) is 1.12. The molecule has 0 spiro atoms. The second-order valence-electron chi connectivity index (χ2n) is 1.85.